The second-order valence-corrected chi connectivity index (χ2v) is 8.84. The average molecular weight is 475 g/mol. The highest BCUT2D eigenvalue weighted by Crippen LogP contribution is 2.34. The summed E-state index contributed by atoms with van der Waals surface area (Å²) in [7, 11) is 0. The number of thiophene rings is 1. The van der Waals surface area contributed by atoms with Gasteiger partial charge in [0.25, 0.3) is 0 Å². The minimum Gasteiger partial charge on any atom is -0.324 e. The predicted molar refractivity (Wildman–Crippen MR) is 114 cm³/mol. The quantitative estimate of drug-likeness (QED) is 0.442. The van der Waals surface area contributed by atoms with E-state index in [1.165, 1.54) is 4.88 Å². The zero-order valence-corrected chi connectivity index (χ0v) is 18.7. The number of amides is 1. The minimum atomic E-state index is -4.52. The summed E-state index contributed by atoms with van der Waals surface area (Å²) in [4.78, 5) is 13.5. The topological polar surface area (TPSA) is 59.8 Å². The van der Waals surface area contributed by atoms with Gasteiger partial charge in [-0.25, -0.2) is 0 Å². The van der Waals surface area contributed by atoms with E-state index in [2.05, 4.69) is 15.5 Å². The zero-order chi connectivity index (χ0) is 22.1. The van der Waals surface area contributed by atoms with E-state index in [1.54, 1.807) is 11.3 Å². The molecule has 0 spiro atoms. The van der Waals surface area contributed by atoms with Crippen molar-refractivity contribution < 1.29 is 18.0 Å². The second kappa shape index (κ2) is 8.99. The van der Waals surface area contributed by atoms with Gasteiger partial charge in [0.1, 0.15) is 0 Å². The summed E-state index contributed by atoms with van der Waals surface area (Å²) in [6.07, 6.45) is -4.52. The molecular weight excluding hydrogens is 457 g/mol. The second-order valence-electron chi connectivity index (χ2n) is 6.41. The van der Waals surface area contributed by atoms with Crippen molar-refractivity contribution in [1.82, 2.24) is 14.8 Å². The number of alkyl halides is 3. The molecule has 30 heavy (non-hydrogen) atoms. The standard InChI is InChI=1S/C19H18ClF3N4OS2/c1-4-27-17(13-8-29-11(3)10(13)2)25-26-18(27)30-9-16(28)24-15-7-12(19(21,22)23)5-6-14(15)20/h5-8H,4,9H2,1-3H3,(H,24,28). The first-order valence-corrected chi connectivity index (χ1v) is 11.1. The summed E-state index contributed by atoms with van der Waals surface area (Å²) < 4.78 is 40.6. The Kier molecular flexibility index (Phi) is 6.78. The van der Waals surface area contributed by atoms with E-state index in [-0.39, 0.29) is 16.5 Å². The van der Waals surface area contributed by atoms with Crippen molar-refractivity contribution in [3.63, 3.8) is 0 Å². The molecule has 1 N–H and O–H groups in total. The first kappa shape index (κ1) is 22.6. The molecule has 0 atom stereocenters. The highest BCUT2D eigenvalue weighted by molar-refractivity contribution is 7.99. The van der Waals surface area contributed by atoms with Crippen LogP contribution in [0.3, 0.4) is 0 Å². The number of anilines is 1. The maximum Gasteiger partial charge on any atom is 0.416 e. The third-order valence-corrected chi connectivity index (χ3v) is 6.77. The highest BCUT2D eigenvalue weighted by atomic mass is 35.5. The normalized spacial score (nSPS) is 11.7. The Balaban J connectivity index is 1.72. The van der Waals surface area contributed by atoms with Crippen LogP contribution in [0.2, 0.25) is 5.02 Å². The molecule has 0 radical (unpaired) electrons. The number of thioether (sulfide) groups is 1. The molecule has 11 heteroatoms. The van der Waals surface area contributed by atoms with Crippen molar-refractivity contribution in [3.8, 4) is 11.4 Å². The van der Waals surface area contributed by atoms with Crippen molar-refractivity contribution in [2.45, 2.75) is 38.6 Å². The van der Waals surface area contributed by atoms with Gasteiger partial charge in [0.2, 0.25) is 5.91 Å². The molecule has 0 bridgehead atoms. The smallest absolute Gasteiger partial charge is 0.324 e. The van der Waals surface area contributed by atoms with Gasteiger partial charge in [0, 0.05) is 22.4 Å². The Morgan fingerprint density at radius 1 is 1.30 bits per heavy atom. The molecule has 160 valence electrons. The Morgan fingerprint density at radius 3 is 2.63 bits per heavy atom. The summed E-state index contributed by atoms with van der Waals surface area (Å²) in [6, 6.07) is 2.80. The number of hydrogen-bond acceptors (Lipinski definition) is 5. The van der Waals surface area contributed by atoms with Crippen LogP contribution in [0.1, 0.15) is 22.9 Å². The van der Waals surface area contributed by atoms with E-state index < -0.39 is 17.6 Å². The number of rotatable bonds is 6. The molecule has 0 fully saturated rings. The molecule has 0 aliphatic rings. The van der Waals surface area contributed by atoms with Crippen LogP contribution in [-0.2, 0) is 17.5 Å². The van der Waals surface area contributed by atoms with Crippen molar-refractivity contribution in [2.24, 2.45) is 0 Å². The summed E-state index contributed by atoms with van der Waals surface area (Å²) in [6.45, 7) is 6.62. The highest BCUT2D eigenvalue weighted by Gasteiger charge is 2.31. The lowest BCUT2D eigenvalue weighted by Gasteiger charge is -2.12. The molecule has 0 saturated heterocycles. The predicted octanol–water partition coefficient (Wildman–Crippen LogP) is 6.05. The van der Waals surface area contributed by atoms with Crippen LogP contribution in [0.25, 0.3) is 11.4 Å². The first-order chi connectivity index (χ1) is 14.1. The monoisotopic (exact) mass is 474 g/mol. The van der Waals surface area contributed by atoms with Gasteiger partial charge < -0.3 is 9.88 Å². The molecule has 0 saturated carbocycles. The van der Waals surface area contributed by atoms with Crippen LogP contribution in [-0.4, -0.2) is 26.4 Å². The molecule has 0 aliphatic heterocycles. The van der Waals surface area contributed by atoms with Crippen LogP contribution in [0.5, 0.6) is 0 Å². The molecule has 1 amide bonds. The number of nitrogens with zero attached hydrogens (tertiary/aromatic N) is 3. The number of carbonyl (C=O) groups excluding carboxylic acids is 1. The molecule has 5 nitrogen and oxygen atoms in total. The van der Waals surface area contributed by atoms with Gasteiger partial charge in [-0.15, -0.1) is 21.5 Å². The maximum absolute atomic E-state index is 12.9. The van der Waals surface area contributed by atoms with Gasteiger partial charge in [-0.2, -0.15) is 13.2 Å². The molecule has 2 aromatic heterocycles. The lowest BCUT2D eigenvalue weighted by atomic mass is 10.1. The number of benzene rings is 1. The Labute approximate surface area is 184 Å². The number of carbonyl (C=O) groups is 1. The van der Waals surface area contributed by atoms with Gasteiger partial charge in [0.05, 0.1) is 22.0 Å². The fourth-order valence-corrected chi connectivity index (χ4v) is 4.56. The van der Waals surface area contributed by atoms with Gasteiger partial charge in [-0.3, -0.25) is 4.79 Å². The van der Waals surface area contributed by atoms with Crippen molar-refractivity contribution in [3.05, 3.63) is 44.6 Å². The maximum atomic E-state index is 12.9. The van der Waals surface area contributed by atoms with E-state index in [9.17, 15) is 18.0 Å². The fraction of sp³-hybridized carbons (Fsp3) is 0.316. The van der Waals surface area contributed by atoms with Crippen molar-refractivity contribution >= 4 is 46.3 Å². The number of nitrogens with one attached hydrogen (secondary N) is 1. The largest absolute Gasteiger partial charge is 0.416 e. The number of hydrogen-bond donors (Lipinski definition) is 1. The van der Waals surface area contributed by atoms with E-state index in [0.717, 1.165) is 46.9 Å². The molecule has 3 rings (SSSR count). The molecule has 2 heterocycles. The third kappa shape index (κ3) is 4.81. The van der Waals surface area contributed by atoms with E-state index in [4.69, 9.17) is 11.6 Å². The number of halogens is 4. The van der Waals surface area contributed by atoms with E-state index >= 15 is 0 Å². The Hall–Kier alpha value is -2.04. The van der Waals surface area contributed by atoms with Crippen LogP contribution >= 0.6 is 34.7 Å². The lowest BCUT2D eigenvalue weighted by Crippen LogP contribution is -2.16. The Bertz CT molecular complexity index is 1080. The molecular formula is C19H18ClF3N4OS2. The molecule has 0 unspecified atom stereocenters. The van der Waals surface area contributed by atoms with Gasteiger partial charge in [-0.1, -0.05) is 23.4 Å². The van der Waals surface area contributed by atoms with E-state index in [0.29, 0.717) is 11.7 Å². The molecule has 0 aliphatic carbocycles. The average Bonchev–Trinajstić information content (AvgIpc) is 3.23. The number of aromatic nitrogens is 3. The lowest BCUT2D eigenvalue weighted by molar-refractivity contribution is -0.137. The molecule has 1 aromatic carbocycles. The first-order valence-electron chi connectivity index (χ1n) is 8.89. The SMILES string of the molecule is CCn1c(SCC(=O)Nc2cc(C(F)(F)F)ccc2Cl)nnc1-c1csc(C)c1C. The third-order valence-electron chi connectivity index (χ3n) is 4.46. The van der Waals surface area contributed by atoms with Crippen molar-refractivity contribution in [1.29, 1.82) is 0 Å². The fourth-order valence-electron chi connectivity index (χ4n) is 2.73. The van der Waals surface area contributed by atoms with E-state index in [1.807, 2.05) is 30.7 Å². The minimum absolute atomic E-state index is 0.0312. The van der Waals surface area contributed by atoms with Crippen LogP contribution in [0.4, 0.5) is 18.9 Å². The summed E-state index contributed by atoms with van der Waals surface area (Å²) in [5, 5.41) is 13.5. The summed E-state index contributed by atoms with van der Waals surface area (Å²) in [5.41, 5.74) is 1.17. The van der Waals surface area contributed by atoms with Gasteiger partial charge in [0.15, 0.2) is 11.0 Å². The van der Waals surface area contributed by atoms with Crippen LogP contribution < -0.4 is 5.32 Å². The summed E-state index contributed by atoms with van der Waals surface area (Å²) in [5.74, 6) is 0.186. The Morgan fingerprint density at radius 2 is 2.03 bits per heavy atom. The van der Waals surface area contributed by atoms with Crippen molar-refractivity contribution in [2.75, 3.05) is 11.1 Å². The van der Waals surface area contributed by atoms with Crippen LogP contribution in [0.15, 0.2) is 28.7 Å². The summed E-state index contributed by atoms with van der Waals surface area (Å²) >= 11 is 8.72. The number of aryl methyl sites for hydroxylation is 1. The zero-order valence-electron chi connectivity index (χ0n) is 16.3. The molecule has 3 aromatic rings. The van der Waals surface area contributed by atoms with Crippen LogP contribution in [0, 0.1) is 13.8 Å². The van der Waals surface area contributed by atoms with Gasteiger partial charge >= 0.3 is 6.18 Å². The van der Waals surface area contributed by atoms with Gasteiger partial charge in [-0.05, 0) is 44.5 Å².